The van der Waals surface area contributed by atoms with E-state index in [-0.39, 0.29) is 13.1 Å². The van der Waals surface area contributed by atoms with Crippen LogP contribution < -0.4 is 5.32 Å². The molecule has 1 fully saturated rings. The van der Waals surface area contributed by atoms with Crippen LogP contribution in [-0.2, 0) is 14.8 Å². The number of nitrogens with one attached hydrogen (secondary N) is 1. The van der Waals surface area contributed by atoms with Gasteiger partial charge < -0.3 is 5.32 Å². The minimum absolute atomic E-state index is 0.0846. The van der Waals surface area contributed by atoms with Crippen molar-refractivity contribution < 1.29 is 18.1 Å². The Kier molecular flexibility index (Phi) is 3.73. The number of carbonyl (C=O) groups is 1. The van der Waals surface area contributed by atoms with Crippen LogP contribution in [0.3, 0.4) is 0 Å². The third kappa shape index (κ3) is 2.37. The minimum Gasteiger partial charge on any atom is -0.353 e. The van der Waals surface area contributed by atoms with Crippen LogP contribution in [0.5, 0.6) is 0 Å². The summed E-state index contributed by atoms with van der Waals surface area (Å²) in [5.74, 6) is -0.418. The van der Waals surface area contributed by atoms with Crippen LogP contribution >= 0.6 is 0 Å². The van der Waals surface area contributed by atoms with E-state index in [1.807, 2.05) is 0 Å². The Hall–Kier alpha value is -2.00. The van der Waals surface area contributed by atoms with Crippen LogP contribution in [0.25, 0.3) is 0 Å². The van der Waals surface area contributed by atoms with Crippen molar-refractivity contribution in [2.75, 3.05) is 13.1 Å². The molecule has 1 heterocycles. The zero-order chi connectivity index (χ0) is 14.9. The molecule has 1 aromatic carbocycles. The van der Waals surface area contributed by atoms with Gasteiger partial charge in [-0.05, 0) is 13.0 Å². The highest BCUT2D eigenvalue weighted by molar-refractivity contribution is 7.89. The Morgan fingerprint density at radius 3 is 2.70 bits per heavy atom. The second-order valence-corrected chi connectivity index (χ2v) is 6.17. The molecular weight excluding hydrogens is 286 g/mol. The van der Waals surface area contributed by atoms with E-state index in [1.54, 1.807) is 0 Å². The van der Waals surface area contributed by atoms with Gasteiger partial charge >= 0.3 is 0 Å². The van der Waals surface area contributed by atoms with Crippen LogP contribution in [-0.4, -0.2) is 42.7 Å². The fourth-order valence-electron chi connectivity index (χ4n) is 2.04. The first-order chi connectivity index (χ1) is 9.35. The standard InChI is InChI=1S/C11H13N3O5S/c1-8-11(15)12-6-7-13(8)20(18,19)10-5-3-2-4-9(10)14(16)17/h2-5,8H,6-7H2,1H3,(H,12,15)/t8-/m0/s1. The van der Waals surface area contributed by atoms with Crippen molar-refractivity contribution in [2.45, 2.75) is 17.9 Å². The highest BCUT2D eigenvalue weighted by Gasteiger charge is 2.38. The third-order valence-corrected chi connectivity index (χ3v) is 5.11. The highest BCUT2D eigenvalue weighted by Crippen LogP contribution is 2.27. The molecule has 0 aromatic heterocycles. The molecule has 1 aliphatic heterocycles. The number of nitro groups is 1. The van der Waals surface area contributed by atoms with Crippen molar-refractivity contribution in [1.29, 1.82) is 0 Å². The second-order valence-electron chi connectivity index (χ2n) is 4.31. The highest BCUT2D eigenvalue weighted by atomic mass is 32.2. The number of piperazine rings is 1. The largest absolute Gasteiger partial charge is 0.353 e. The van der Waals surface area contributed by atoms with Gasteiger partial charge in [0.15, 0.2) is 4.90 Å². The maximum atomic E-state index is 12.5. The molecule has 0 radical (unpaired) electrons. The summed E-state index contributed by atoms with van der Waals surface area (Å²) in [6, 6.07) is 4.21. The van der Waals surface area contributed by atoms with Crippen molar-refractivity contribution >= 4 is 21.6 Å². The monoisotopic (exact) mass is 299 g/mol. The number of hydrogen-bond donors (Lipinski definition) is 1. The lowest BCUT2D eigenvalue weighted by atomic mass is 10.2. The molecule has 1 atom stereocenters. The van der Waals surface area contributed by atoms with E-state index >= 15 is 0 Å². The van der Waals surface area contributed by atoms with E-state index in [0.29, 0.717) is 0 Å². The number of carbonyl (C=O) groups excluding carboxylic acids is 1. The van der Waals surface area contributed by atoms with Crippen LogP contribution in [0.15, 0.2) is 29.2 Å². The Bertz CT molecular complexity index is 658. The Balaban J connectivity index is 2.50. The van der Waals surface area contributed by atoms with Crippen molar-refractivity contribution in [2.24, 2.45) is 0 Å². The first-order valence-corrected chi connectivity index (χ1v) is 7.32. The molecule has 9 heteroatoms. The minimum atomic E-state index is -4.09. The van der Waals surface area contributed by atoms with Gasteiger partial charge in [-0.25, -0.2) is 8.42 Å². The molecular formula is C11H13N3O5S. The van der Waals surface area contributed by atoms with Gasteiger partial charge in [0.2, 0.25) is 5.91 Å². The lowest BCUT2D eigenvalue weighted by Gasteiger charge is -2.31. The van der Waals surface area contributed by atoms with E-state index in [4.69, 9.17) is 0 Å². The lowest BCUT2D eigenvalue weighted by Crippen LogP contribution is -2.55. The molecule has 8 nitrogen and oxygen atoms in total. The fourth-order valence-corrected chi connectivity index (χ4v) is 3.80. The molecule has 1 saturated heterocycles. The summed E-state index contributed by atoms with van der Waals surface area (Å²) in [4.78, 5) is 21.3. The van der Waals surface area contributed by atoms with Crippen molar-refractivity contribution in [3.05, 3.63) is 34.4 Å². The molecule has 0 saturated carbocycles. The number of benzene rings is 1. The summed E-state index contributed by atoms with van der Waals surface area (Å²) in [6.45, 7) is 1.71. The Morgan fingerprint density at radius 2 is 2.05 bits per heavy atom. The van der Waals surface area contributed by atoms with Gasteiger partial charge in [0.1, 0.15) is 6.04 Å². The molecule has 1 N–H and O–H groups in total. The van der Waals surface area contributed by atoms with E-state index in [9.17, 15) is 23.3 Å². The Labute approximate surface area is 115 Å². The van der Waals surface area contributed by atoms with E-state index in [0.717, 1.165) is 10.4 Å². The number of nitro benzene ring substituents is 1. The fraction of sp³-hybridized carbons (Fsp3) is 0.364. The number of rotatable bonds is 3. The van der Waals surface area contributed by atoms with Gasteiger partial charge in [-0.15, -0.1) is 0 Å². The summed E-state index contributed by atoms with van der Waals surface area (Å²) in [5, 5.41) is 13.5. The first kappa shape index (κ1) is 14.4. The molecule has 20 heavy (non-hydrogen) atoms. The van der Waals surface area contributed by atoms with E-state index in [1.165, 1.54) is 25.1 Å². The van der Waals surface area contributed by atoms with Gasteiger partial charge in [-0.2, -0.15) is 4.31 Å². The SMILES string of the molecule is C[C@H]1C(=O)NCCN1S(=O)(=O)c1ccccc1[N+](=O)[O-]. The summed E-state index contributed by atoms with van der Waals surface area (Å²) in [7, 11) is -4.09. The molecule has 0 aliphatic carbocycles. The number of amides is 1. The number of para-hydroxylation sites is 1. The molecule has 0 unspecified atom stereocenters. The molecule has 108 valence electrons. The van der Waals surface area contributed by atoms with Crippen molar-refractivity contribution in [3.63, 3.8) is 0 Å². The molecule has 2 rings (SSSR count). The maximum Gasteiger partial charge on any atom is 0.289 e. The molecule has 1 aromatic rings. The van der Waals surface area contributed by atoms with Crippen LogP contribution in [0.1, 0.15) is 6.92 Å². The summed E-state index contributed by atoms with van der Waals surface area (Å²) in [5.41, 5.74) is -0.495. The van der Waals surface area contributed by atoms with Crippen LogP contribution in [0.2, 0.25) is 0 Å². The smallest absolute Gasteiger partial charge is 0.289 e. The first-order valence-electron chi connectivity index (χ1n) is 5.88. The quantitative estimate of drug-likeness (QED) is 0.629. The van der Waals surface area contributed by atoms with E-state index in [2.05, 4.69) is 5.32 Å². The predicted molar refractivity (Wildman–Crippen MR) is 69.5 cm³/mol. The number of hydrogen-bond acceptors (Lipinski definition) is 5. The van der Waals surface area contributed by atoms with Crippen LogP contribution in [0.4, 0.5) is 5.69 Å². The zero-order valence-corrected chi connectivity index (χ0v) is 11.5. The summed E-state index contributed by atoms with van der Waals surface area (Å²) >= 11 is 0. The normalized spacial score (nSPS) is 20.4. The summed E-state index contributed by atoms with van der Waals surface area (Å²) in [6.07, 6.45) is 0. The molecule has 1 aliphatic rings. The Morgan fingerprint density at radius 1 is 1.40 bits per heavy atom. The van der Waals surface area contributed by atoms with Crippen LogP contribution in [0, 0.1) is 10.1 Å². The van der Waals surface area contributed by atoms with Crippen molar-refractivity contribution in [3.8, 4) is 0 Å². The van der Waals surface area contributed by atoms with E-state index < -0.39 is 37.5 Å². The average Bonchev–Trinajstić information content (AvgIpc) is 2.41. The summed E-state index contributed by atoms with van der Waals surface area (Å²) < 4.78 is 26.0. The topological polar surface area (TPSA) is 110 Å². The molecule has 0 bridgehead atoms. The predicted octanol–water partition coefficient (Wildman–Crippen LogP) is 0.104. The van der Waals surface area contributed by atoms with Gasteiger partial charge in [-0.3, -0.25) is 14.9 Å². The van der Waals surface area contributed by atoms with Crippen molar-refractivity contribution in [1.82, 2.24) is 9.62 Å². The van der Waals surface area contributed by atoms with Gasteiger partial charge in [0.25, 0.3) is 15.7 Å². The average molecular weight is 299 g/mol. The number of nitrogens with zero attached hydrogens (tertiary/aromatic N) is 2. The van der Waals surface area contributed by atoms with Gasteiger partial charge in [-0.1, -0.05) is 12.1 Å². The molecule has 1 amide bonds. The van der Waals surface area contributed by atoms with Gasteiger partial charge in [0.05, 0.1) is 4.92 Å². The molecule has 0 spiro atoms. The zero-order valence-electron chi connectivity index (χ0n) is 10.6. The van der Waals surface area contributed by atoms with Gasteiger partial charge in [0, 0.05) is 19.2 Å². The second kappa shape index (κ2) is 5.17. The third-order valence-electron chi connectivity index (χ3n) is 3.09. The lowest BCUT2D eigenvalue weighted by molar-refractivity contribution is -0.387. The number of sulfonamides is 1. The maximum absolute atomic E-state index is 12.5.